The molecule has 0 bridgehead atoms. The smallest absolute Gasteiger partial charge is 0.342 e. The summed E-state index contributed by atoms with van der Waals surface area (Å²) in [4.78, 5) is 38.5. The van der Waals surface area contributed by atoms with Gasteiger partial charge in [-0.1, -0.05) is 84.1 Å². The van der Waals surface area contributed by atoms with Crippen molar-refractivity contribution in [3.05, 3.63) is 39.7 Å². The first-order chi connectivity index (χ1) is 18.3. The highest BCUT2D eigenvalue weighted by Crippen LogP contribution is 2.36. The molecule has 1 aromatic carbocycles. The first-order valence-electron chi connectivity index (χ1n) is 13.7. The van der Waals surface area contributed by atoms with Crippen LogP contribution in [0.25, 0.3) is 11.1 Å². The average Bonchev–Trinajstić information content (AvgIpc) is 2.87. The van der Waals surface area contributed by atoms with Gasteiger partial charge in [0, 0.05) is 5.56 Å². The maximum Gasteiger partial charge on any atom is 0.342 e. The summed E-state index contributed by atoms with van der Waals surface area (Å²) in [5.41, 5.74) is 3.56. The Labute approximate surface area is 224 Å². The minimum Gasteiger partial charge on any atom is -0.490 e. The normalized spacial score (nSPS) is 10.9. The SMILES string of the molecule is CCCCCCCCOc1ccc(-c2c(C(=O)O)c(N)[nH]c(=O)c2C(=O)O)cc1OCCCCCCCC. The van der Waals surface area contributed by atoms with Gasteiger partial charge in [0.15, 0.2) is 11.5 Å². The van der Waals surface area contributed by atoms with Gasteiger partial charge < -0.3 is 30.4 Å². The zero-order chi connectivity index (χ0) is 27.9. The van der Waals surface area contributed by atoms with Crippen LogP contribution in [0.1, 0.15) is 112 Å². The van der Waals surface area contributed by atoms with Gasteiger partial charge in [-0.15, -0.1) is 0 Å². The predicted octanol–water partition coefficient (Wildman–Crippen LogP) is 6.50. The molecule has 0 aliphatic rings. The predicted molar refractivity (Wildman–Crippen MR) is 149 cm³/mol. The molecule has 1 aromatic heterocycles. The van der Waals surface area contributed by atoms with Gasteiger partial charge in [-0.2, -0.15) is 0 Å². The third-order valence-electron chi connectivity index (χ3n) is 6.42. The minimum atomic E-state index is -1.55. The topological polar surface area (TPSA) is 152 Å². The fourth-order valence-electron chi connectivity index (χ4n) is 4.36. The molecule has 1 heterocycles. The van der Waals surface area contributed by atoms with Crippen LogP contribution < -0.4 is 20.8 Å². The van der Waals surface area contributed by atoms with Crippen LogP contribution in [0.15, 0.2) is 23.0 Å². The van der Waals surface area contributed by atoms with Gasteiger partial charge in [0.05, 0.1) is 13.2 Å². The van der Waals surface area contributed by atoms with Gasteiger partial charge in [0.25, 0.3) is 5.56 Å². The van der Waals surface area contributed by atoms with E-state index in [1.165, 1.54) is 50.7 Å². The Balaban J connectivity index is 2.33. The number of unbranched alkanes of at least 4 members (excludes halogenated alkanes) is 10. The molecule has 0 spiro atoms. The molecule has 0 unspecified atom stereocenters. The van der Waals surface area contributed by atoms with E-state index in [0.717, 1.165) is 38.5 Å². The van der Waals surface area contributed by atoms with Crippen molar-refractivity contribution in [3.63, 3.8) is 0 Å². The molecule has 0 saturated carbocycles. The molecular formula is C29H42N2O7. The molecule has 9 heteroatoms. The third kappa shape index (κ3) is 9.11. The van der Waals surface area contributed by atoms with Crippen LogP contribution in [-0.4, -0.2) is 40.3 Å². The summed E-state index contributed by atoms with van der Waals surface area (Å²) in [6.45, 7) is 5.27. The van der Waals surface area contributed by atoms with Crippen LogP contribution in [0.3, 0.4) is 0 Å². The zero-order valence-electron chi connectivity index (χ0n) is 22.6. The van der Waals surface area contributed by atoms with E-state index >= 15 is 0 Å². The molecule has 5 N–H and O–H groups in total. The molecule has 9 nitrogen and oxygen atoms in total. The second-order valence-electron chi connectivity index (χ2n) is 9.50. The lowest BCUT2D eigenvalue weighted by molar-refractivity contribution is 0.0695. The number of aromatic amines is 1. The van der Waals surface area contributed by atoms with E-state index in [2.05, 4.69) is 18.8 Å². The van der Waals surface area contributed by atoms with Crippen LogP contribution in [0, 0.1) is 0 Å². The van der Waals surface area contributed by atoms with Crippen molar-refractivity contribution < 1.29 is 29.3 Å². The Morgan fingerprint density at radius 2 is 1.26 bits per heavy atom. The zero-order valence-corrected chi connectivity index (χ0v) is 22.6. The first-order valence-corrected chi connectivity index (χ1v) is 13.7. The van der Waals surface area contributed by atoms with Gasteiger partial charge >= 0.3 is 11.9 Å². The summed E-state index contributed by atoms with van der Waals surface area (Å²) in [6.07, 6.45) is 13.2. The Bertz CT molecular complexity index is 1110. The van der Waals surface area contributed by atoms with Crippen LogP contribution >= 0.6 is 0 Å². The molecular weight excluding hydrogens is 488 g/mol. The number of carbonyl (C=O) groups is 2. The number of benzene rings is 1. The fraction of sp³-hybridized carbons (Fsp3) is 0.552. The average molecular weight is 531 g/mol. The summed E-state index contributed by atoms with van der Waals surface area (Å²) in [7, 11) is 0. The number of aromatic carboxylic acids is 2. The van der Waals surface area contributed by atoms with Crippen LogP contribution in [0.4, 0.5) is 5.82 Å². The summed E-state index contributed by atoms with van der Waals surface area (Å²) in [5, 5.41) is 19.5. The molecule has 210 valence electrons. The van der Waals surface area contributed by atoms with Crippen LogP contribution in [-0.2, 0) is 0 Å². The molecule has 38 heavy (non-hydrogen) atoms. The van der Waals surface area contributed by atoms with Gasteiger partial charge in [-0.25, -0.2) is 9.59 Å². The molecule has 0 amide bonds. The molecule has 0 aliphatic heterocycles. The van der Waals surface area contributed by atoms with Crippen molar-refractivity contribution in [2.75, 3.05) is 18.9 Å². The third-order valence-corrected chi connectivity index (χ3v) is 6.42. The number of nitrogens with two attached hydrogens (primary N) is 1. The summed E-state index contributed by atoms with van der Waals surface area (Å²) < 4.78 is 12.0. The second-order valence-corrected chi connectivity index (χ2v) is 9.50. The quantitative estimate of drug-likeness (QED) is 0.150. The largest absolute Gasteiger partial charge is 0.490 e. The highest BCUT2D eigenvalue weighted by molar-refractivity contribution is 6.07. The highest BCUT2D eigenvalue weighted by Gasteiger charge is 2.27. The van der Waals surface area contributed by atoms with Crippen molar-refractivity contribution in [1.29, 1.82) is 0 Å². The Kier molecular flexibility index (Phi) is 13.2. The van der Waals surface area contributed by atoms with Crippen molar-refractivity contribution in [2.24, 2.45) is 0 Å². The van der Waals surface area contributed by atoms with E-state index in [1.807, 2.05) is 0 Å². The number of anilines is 1. The van der Waals surface area contributed by atoms with Gasteiger partial charge in [0.1, 0.15) is 16.9 Å². The number of nitrogens with one attached hydrogen (secondary N) is 1. The van der Waals surface area contributed by atoms with Crippen molar-refractivity contribution in [1.82, 2.24) is 4.98 Å². The lowest BCUT2D eigenvalue weighted by Gasteiger charge is -2.17. The number of hydrogen-bond donors (Lipinski definition) is 4. The van der Waals surface area contributed by atoms with Gasteiger partial charge in [0.2, 0.25) is 0 Å². The van der Waals surface area contributed by atoms with Crippen LogP contribution in [0.5, 0.6) is 11.5 Å². The van der Waals surface area contributed by atoms with Gasteiger partial charge in [-0.3, -0.25) is 4.79 Å². The number of H-pyrrole nitrogens is 1. The van der Waals surface area contributed by atoms with E-state index in [-0.39, 0.29) is 11.1 Å². The molecule has 0 aliphatic carbocycles. The Morgan fingerprint density at radius 3 is 1.79 bits per heavy atom. The fourth-order valence-corrected chi connectivity index (χ4v) is 4.36. The summed E-state index contributed by atoms with van der Waals surface area (Å²) in [6, 6.07) is 4.68. The molecule has 2 aromatic rings. The lowest BCUT2D eigenvalue weighted by Crippen LogP contribution is -2.24. The van der Waals surface area contributed by atoms with Crippen molar-refractivity contribution in [2.45, 2.75) is 90.9 Å². The molecule has 0 fully saturated rings. The molecule has 0 atom stereocenters. The van der Waals surface area contributed by atoms with Crippen molar-refractivity contribution >= 4 is 17.8 Å². The van der Waals surface area contributed by atoms with Crippen molar-refractivity contribution in [3.8, 4) is 22.6 Å². The maximum absolute atomic E-state index is 12.4. The summed E-state index contributed by atoms with van der Waals surface area (Å²) >= 11 is 0. The lowest BCUT2D eigenvalue weighted by atomic mass is 9.95. The molecule has 0 saturated heterocycles. The number of nitrogen functional groups attached to an aromatic ring is 1. The number of hydrogen-bond acceptors (Lipinski definition) is 6. The van der Waals surface area contributed by atoms with Gasteiger partial charge in [-0.05, 0) is 30.5 Å². The first kappa shape index (κ1) is 30.7. The number of carboxylic acids is 2. The van der Waals surface area contributed by atoms with E-state index in [4.69, 9.17) is 15.2 Å². The van der Waals surface area contributed by atoms with E-state index < -0.39 is 34.4 Å². The maximum atomic E-state index is 12.4. The summed E-state index contributed by atoms with van der Waals surface area (Å²) in [5.74, 6) is -2.57. The molecule has 0 radical (unpaired) electrons. The minimum absolute atomic E-state index is 0.197. The number of rotatable bonds is 19. The number of pyridine rings is 1. The van der Waals surface area contributed by atoms with E-state index in [9.17, 15) is 24.6 Å². The number of aromatic nitrogens is 1. The Morgan fingerprint density at radius 1 is 0.763 bits per heavy atom. The Hall–Kier alpha value is -3.49. The monoisotopic (exact) mass is 530 g/mol. The van der Waals surface area contributed by atoms with Crippen LogP contribution in [0.2, 0.25) is 0 Å². The standard InChI is InChI=1S/C29H42N2O7/c1-3-5-7-9-11-13-17-37-21-16-15-20(19-22(21)38-18-14-12-10-8-6-4-2)23-24(28(33)34)26(30)31-27(32)25(23)29(35)36/h15-16,19H,3-14,17-18H2,1-2H3,(H,33,34)(H,35,36)(H3,30,31,32). The second kappa shape index (κ2) is 16.4. The highest BCUT2D eigenvalue weighted by atomic mass is 16.5. The van der Waals surface area contributed by atoms with E-state index in [1.54, 1.807) is 6.07 Å². The van der Waals surface area contributed by atoms with E-state index in [0.29, 0.717) is 24.7 Å². The molecule has 2 rings (SSSR count). The number of ether oxygens (including phenoxy) is 2. The number of carboxylic acid groups (broad SMARTS) is 2.